The van der Waals surface area contributed by atoms with Gasteiger partial charge in [0.1, 0.15) is 6.04 Å². The molecule has 0 spiro atoms. The van der Waals surface area contributed by atoms with Crippen LogP contribution in [0.25, 0.3) is 10.9 Å². The van der Waals surface area contributed by atoms with E-state index < -0.39 is 12.0 Å². The number of rotatable bonds is 5. The standard InChI is InChI=1S/C17H18N2O3/c1-22-17(21)15(10-11-6-7-11)19-16(20)13-8-9-18-14-5-3-2-4-12(13)14/h2-5,8-9,11,15H,6-7,10H2,1H3,(H,19,20)/t15-/m1/s1. The number of esters is 1. The minimum absolute atomic E-state index is 0.269. The van der Waals surface area contributed by atoms with Crippen molar-refractivity contribution in [3.8, 4) is 0 Å². The summed E-state index contributed by atoms with van der Waals surface area (Å²) >= 11 is 0. The highest BCUT2D eigenvalue weighted by Crippen LogP contribution is 2.33. The van der Waals surface area contributed by atoms with Gasteiger partial charge in [-0.3, -0.25) is 9.78 Å². The van der Waals surface area contributed by atoms with E-state index in [0.29, 0.717) is 17.9 Å². The molecule has 1 fully saturated rings. The van der Waals surface area contributed by atoms with Crippen LogP contribution in [0.1, 0.15) is 29.6 Å². The minimum atomic E-state index is -0.586. The van der Waals surface area contributed by atoms with Gasteiger partial charge in [0.05, 0.1) is 18.2 Å². The van der Waals surface area contributed by atoms with Crippen molar-refractivity contribution in [2.75, 3.05) is 7.11 Å². The van der Waals surface area contributed by atoms with E-state index >= 15 is 0 Å². The summed E-state index contributed by atoms with van der Waals surface area (Å²) in [6, 6.07) is 8.53. The van der Waals surface area contributed by atoms with E-state index in [0.717, 1.165) is 23.7 Å². The maximum absolute atomic E-state index is 12.5. The summed E-state index contributed by atoms with van der Waals surface area (Å²) in [5.74, 6) is -0.146. The number of nitrogens with zero attached hydrogens (tertiary/aromatic N) is 1. The molecule has 2 aromatic rings. The summed E-state index contributed by atoms with van der Waals surface area (Å²) in [6.07, 6.45) is 4.47. The van der Waals surface area contributed by atoms with Crippen molar-refractivity contribution in [3.05, 3.63) is 42.1 Å². The van der Waals surface area contributed by atoms with Gasteiger partial charge in [0.25, 0.3) is 5.91 Å². The summed E-state index contributed by atoms with van der Waals surface area (Å²) in [5.41, 5.74) is 1.28. The van der Waals surface area contributed by atoms with E-state index in [9.17, 15) is 9.59 Å². The Morgan fingerprint density at radius 1 is 1.32 bits per heavy atom. The van der Waals surface area contributed by atoms with Crippen LogP contribution in [0.2, 0.25) is 0 Å². The van der Waals surface area contributed by atoms with Crippen LogP contribution in [0.3, 0.4) is 0 Å². The Morgan fingerprint density at radius 2 is 2.09 bits per heavy atom. The predicted molar refractivity (Wildman–Crippen MR) is 82.4 cm³/mol. The molecule has 1 aliphatic rings. The Bertz CT molecular complexity index is 705. The number of hydrogen-bond acceptors (Lipinski definition) is 4. The number of para-hydroxylation sites is 1. The number of hydrogen-bond donors (Lipinski definition) is 1. The Morgan fingerprint density at radius 3 is 2.82 bits per heavy atom. The van der Waals surface area contributed by atoms with Gasteiger partial charge in [0.2, 0.25) is 0 Å². The highest BCUT2D eigenvalue weighted by molar-refractivity contribution is 6.07. The monoisotopic (exact) mass is 298 g/mol. The molecule has 1 N–H and O–H groups in total. The van der Waals surface area contributed by atoms with Crippen LogP contribution in [0, 0.1) is 5.92 Å². The van der Waals surface area contributed by atoms with Crippen LogP contribution in [0.4, 0.5) is 0 Å². The Hall–Kier alpha value is -2.43. The lowest BCUT2D eigenvalue weighted by atomic mass is 10.1. The average Bonchev–Trinajstić information content (AvgIpc) is 3.37. The predicted octanol–water partition coefficient (Wildman–Crippen LogP) is 2.31. The van der Waals surface area contributed by atoms with Gasteiger partial charge in [-0.1, -0.05) is 31.0 Å². The number of fused-ring (bicyclic) bond motifs is 1. The molecule has 1 aromatic heterocycles. The molecule has 5 nitrogen and oxygen atoms in total. The molecule has 0 radical (unpaired) electrons. The topological polar surface area (TPSA) is 68.3 Å². The van der Waals surface area contributed by atoms with Crippen molar-refractivity contribution in [1.29, 1.82) is 0 Å². The first-order valence-electron chi connectivity index (χ1n) is 7.41. The molecule has 0 bridgehead atoms. The number of amides is 1. The first kappa shape index (κ1) is 14.5. The molecular formula is C17H18N2O3. The van der Waals surface area contributed by atoms with E-state index in [1.54, 1.807) is 12.3 Å². The summed E-state index contributed by atoms with van der Waals surface area (Å²) < 4.78 is 4.80. The normalized spacial score (nSPS) is 15.3. The minimum Gasteiger partial charge on any atom is -0.467 e. The molecule has 1 aromatic carbocycles. The van der Waals surface area contributed by atoms with Crippen LogP contribution >= 0.6 is 0 Å². The number of benzene rings is 1. The van der Waals surface area contributed by atoms with Crippen molar-refractivity contribution in [3.63, 3.8) is 0 Å². The van der Waals surface area contributed by atoms with Gasteiger partial charge in [-0.2, -0.15) is 0 Å². The summed E-state index contributed by atoms with van der Waals surface area (Å²) in [6.45, 7) is 0. The molecule has 0 saturated heterocycles. The molecule has 1 heterocycles. The van der Waals surface area contributed by atoms with E-state index in [1.165, 1.54) is 7.11 Å². The number of nitrogens with one attached hydrogen (secondary N) is 1. The smallest absolute Gasteiger partial charge is 0.328 e. The lowest BCUT2D eigenvalue weighted by molar-refractivity contribution is -0.143. The van der Waals surface area contributed by atoms with E-state index in [4.69, 9.17) is 4.74 Å². The van der Waals surface area contributed by atoms with Crippen molar-refractivity contribution in [2.24, 2.45) is 5.92 Å². The fourth-order valence-electron chi connectivity index (χ4n) is 2.57. The third-order valence-electron chi connectivity index (χ3n) is 3.95. The molecule has 114 valence electrons. The zero-order valence-electron chi connectivity index (χ0n) is 12.4. The van der Waals surface area contributed by atoms with Crippen molar-refractivity contribution < 1.29 is 14.3 Å². The fourth-order valence-corrected chi connectivity index (χ4v) is 2.57. The number of ether oxygens (including phenoxy) is 1. The van der Waals surface area contributed by atoms with Crippen molar-refractivity contribution in [1.82, 2.24) is 10.3 Å². The highest BCUT2D eigenvalue weighted by atomic mass is 16.5. The van der Waals surface area contributed by atoms with Crippen LogP contribution in [0.5, 0.6) is 0 Å². The summed E-state index contributed by atoms with van der Waals surface area (Å²) in [5, 5.41) is 3.58. The molecule has 0 unspecified atom stereocenters. The van der Waals surface area contributed by atoms with Crippen LogP contribution < -0.4 is 5.32 Å². The van der Waals surface area contributed by atoms with Crippen LogP contribution in [-0.4, -0.2) is 30.0 Å². The Balaban J connectivity index is 1.83. The highest BCUT2D eigenvalue weighted by Gasteiger charge is 2.31. The molecule has 5 heteroatoms. The molecule has 0 aliphatic heterocycles. The number of methoxy groups -OCH3 is 1. The first-order valence-corrected chi connectivity index (χ1v) is 7.41. The van der Waals surface area contributed by atoms with Gasteiger partial charge in [-0.15, -0.1) is 0 Å². The Labute approximate surface area is 128 Å². The second-order valence-electron chi connectivity index (χ2n) is 5.60. The zero-order valence-corrected chi connectivity index (χ0v) is 12.4. The van der Waals surface area contributed by atoms with Gasteiger partial charge >= 0.3 is 5.97 Å². The quantitative estimate of drug-likeness (QED) is 0.860. The average molecular weight is 298 g/mol. The maximum Gasteiger partial charge on any atom is 0.328 e. The molecule has 22 heavy (non-hydrogen) atoms. The van der Waals surface area contributed by atoms with Gasteiger partial charge < -0.3 is 10.1 Å². The van der Waals surface area contributed by atoms with Crippen LogP contribution in [-0.2, 0) is 9.53 Å². The lowest BCUT2D eigenvalue weighted by Crippen LogP contribution is -2.42. The van der Waals surface area contributed by atoms with Crippen molar-refractivity contribution in [2.45, 2.75) is 25.3 Å². The fraction of sp³-hybridized carbons (Fsp3) is 0.353. The van der Waals surface area contributed by atoms with Gasteiger partial charge in [-0.05, 0) is 24.5 Å². The molecule has 3 rings (SSSR count). The van der Waals surface area contributed by atoms with Gasteiger partial charge in [-0.25, -0.2) is 4.79 Å². The van der Waals surface area contributed by atoms with E-state index in [1.807, 2.05) is 24.3 Å². The number of carbonyl (C=O) groups excluding carboxylic acids is 2. The third kappa shape index (κ3) is 3.08. The number of pyridine rings is 1. The SMILES string of the molecule is COC(=O)[C@@H](CC1CC1)NC(=O)c1ccnc2ccccc12. The van der Waals surface area contributed by atoms with Crippen LogP contribution in [0.15, 0.2) is 36.5 Å². The molecule has 1 aliphatic carbocycles. The largest absolute Gasteiger partial charge is 0.467 e. The zero-order chi connectivity index (χ0) is 15.5. The number of aromatic nitrogens is 1. The second kappa shape index (κ2) is 6.13. The van der Waals surface area contributed by atoms with Gasteiger partial charge in [0.15, 0.2) is 0 Å². The van der Waals surface area contributed by atoms with Crippen molar-refractivity contribution >= 4 is 22.8 Å². The number of carbonyl (C=O) groups is 2. The molecule has 1 atom stereocenters. The summed E-state index contributed by atoms with van der Waals surface area (Å²) in [7, 11) is 1.34. The third-order valence-corrected chi connectivity index (χ3v) is 3.95. The van der Waals surface area contributed by atoms with Gasteiger partial charge in [0, 0.05) is 11.6 Å². The molecule has 1 amide bonds. The Kier molecular flexibility index (Phi) is 4.04. The van der Waals surface area contributed by atoms with E-state index in [-0.39, 0.29) is 5.91 Å². The summed E-state index contributed by atoms with van der Waals surface area (Å²) in [4.78, 5) is 28.6. The maximum atomic E-state index is 12.5. The molecule has 1 saturated carbocycles. The molecular weight excluding hydrogens is 280 g/mol. The first-order chi connectivity index (χ1) is 10.7. The lowest BCUT2D eigenvalue weighted by Gasteiger charge is -2.16. The van der Waals surface area contributed by atoms with E-state index in [2.05, 4.69) is 10.3 Å². The second-order valence-corrected chi connectivity index (χ2v) is 5.60.